The predicted molar refractivity (Wildman–Crippen MR) is 94.1 cm³/mol. The molecule has 1 rings (SSSR count). The minimum Gasteiger partial charge on any atom is -0.469 e. The molecule has 22 heavy (non-hydrogen) atoms. The van der Waals surface area contributed by atoms with Crippen molar-refractivity contribution in [3.05, 3.63) is 35.9 Å². The van der Waals surface area contributed by atoms with Crippen molar-refractivity contribution < 1.29 is 14.3 Å². The first-order chi connectivity index (χ1) is 10.6. The van der Waals surface area contributed by atoms with Gasteiger partial charge in [-0.15, -0.1) is 11.8 Å². The molecule has 1 aromatic carbocycles. The van der Waals surface area contributed by atoms with Crippen LogP contribution in [0.3, 0.4) is 0 Å². The van der Waals surface area contributed by atoms with Gasteiger partial charge in [-0.3, -0.25) is 9.59 Å². The number of carbonyl (C=O) groups excluding carboxylic acids is 2. The fourth-order valence-corrected chi connectivity index (χ4v) is 2.72. The van der Waals surface area contributed by atoms with Crippen LogP contribution in [0.15, 0.2) is 30.3 Å². The van der Waals surface area contributed by atoms with Crippen LogP contribution >= 0.6 is 24.0 Å². The molecule has 120 valence electrons. The van der Waals surface area contributed by atoms with Crippen molar-refractivity contribution in [2.45, 2.75) is 25.7 Å². The molecule has 4 nitrogen and oxygen atoms in total. The Morgan fingerprint density at radius 1 is 1.18 bits per heavy atom. The average molecular weight is 339 g/mol. The molecule has 0 aliphatic rings. The Labute approximate surface area is 141 Å². The summed E-state index contributed by atoms with van der Waals surface area (Å²) in [5.74, 6) is 0.127. The molecule has 1 N–H and O–H groups in total. The number of methoxy groups -OCH3 is 1. The molecule has 0 radical (unpaired) electrons. The quantitative estimate of drug-likeness (QED) is 0.426. The van der Waals surface area contributed by atoms with E-state index >= 15 is 0 Å². The highest BCUT2D eigenvalue weighted by molar-refractivity contribution is 8.24. The lowest BCUT2D eigenvalue weighted by Gasteiger charge is -2.06. The van der Waals surface area contributed by atoms with E-state index in [-0.39, 0.29) is 11.9 Å². The maximum atomic E-state index is 11.7. The number of amides is 1. The molecule has 0 heterocycles. The van der Waals surface area contributed by atoms with E-state index in [9.17, 15) is 9.59 Å². The lowest BCUT2D eigenvalue weighted by Crippen LogP contribution is -2.26. The third kappa shape index (κ3) is 8.14. The average Bonchev–Trinajstić information content (AvgIpc) is 2.56. The molecule has 0 saturated heterocycles. The van der Waals surface area contributed by atoms with Gasteiger partial charge in [0, 0.05) is 13.0 Å². The van der Waals surface area contributed by atoms with Gasteiger partial charge in [-0.2, -0.15) is 0 Å². The summed E-state index contributed by atoms with van der Waals surface area (Å²) in [4.78, 5) is 22.6. The van der Waals surface area contributed by atoms with E-state index < -0.39 is 0 Å². The van der Waals surface area contributed by atoms with Gasteiger partial charge in [0.25, 0.3) is 0 Å². The van der Waals surface area contributed by atoms with Crippen LogP contribution in [0.1, 0.15) is 31.2 Å². The summed E-state index contributed by atoms with van der Waals surface area (Å²) < 4.78 is 5.29. The SMILES string of the molecule is COC(=O)CCCCCNC(=O)CSC(=S)c1ccccc1. The summed E-state index contributed by atoms with van der Waals surface area (Å²) in [6, 6.07) is 9.67. The second-order valence-electron chi connectivity index (χ2n) is 4.68. The van der Waals surface area contributed by atoms with Crippen LogP contribution < -0.4 is 5.32 Å². The fourth-order valence-electron chi connectivity index (χ4n) is 1.74. The molecule has 0 bridgehead atoms. The number of thioether (sulfide) groups is 1. The van der Waals surface area contributed by atoms with Gasteiger partial charge in [0.2, 0.25) is 5.91 Å². The van der Waals surface area contributed by atoms with Gasteiger partial charge in [0.15, 0.2) is 0 Å². The van der Waals surface area contributed by atoms with Gasteiger partial charge in [0.1, 0.15) is 0 Å². The summed E-state index contributed by atoms with van der Waals surface area (Å²) >= 11 is 6.65. The summed E-state index contributed by atoms with van der Waals surface area (Å²) in [5.41, 5.74) is 0.970. The number of unbranched alkanes of at least 4 members (excludes halogenated alkanes) is 2. The molecule has 0 fully saturated rings. The largest absolute Gasteiger partial charge is 0.469 e. The summed E-state index contributed by atoms with van der Waals surface area (Å²) in [6.45, 7) is 0.624. The van der Waals surface area contributed by atoms with E-state index in [4.69, 9.17) is 12.2 Å². The van der Waals surface area contributed by atoms with E-state index in [0.29, 0.717) is 18.7 Å². The van der Waals surface area contributed by atoms with E-state index in [0.717, 1.165) is 29.0 Å². The smallest absolute Gasteiger partial charge is 0.305 e. The molecule has 0 atom stereocenters. The Hall–Kier alpha value is -1.40. The molecule has 0 unspecified atom stereocenters. The van der Waals surface area contributed by atoms with Crippen LogP contribution in [0, 0.1) is 0 Å². The van der Waals surface area contributed by atoms with Crippen molar-refractivity contribution >= 4 is 40.1 Å². The van der Waals surface area contributed by atoms with Gasteiger partial charge >= 0.3 is 5.97 Å². The van der Waals surface area contributed by atoms with Crippen molar-refractivity contribution in [3.8, 4) is 0 Å². The second kappa shape index (κ2) is 11.2. The second-order valence-corrected chi connectivity index (χ2v) is 6.33. The number of thiocarbonyl (C=S) groups is 1. The van der Waals surface area contributed by atoms with Crippen LogP contribution in [0.25, 0.3) is 0 Å². The zero-order chi connectivity index (χ0) is 16.2. The highest BCUT2D eigenvalue weighted by Crippen LogP contribution is 2.13. The molecule has 0 saturated carbocycles. The van der Waals surface area contributed by atoms with E-state index in [1.165, 1.54) is 18.9 Å². The van der Waals surface area contributed by atoms with Crippen molar-refractivity contribution in [2.75, 3.05) is 19.4 Å². The topological polar surface area (TPSA) is 55.4 Å². The molecule has 1 aromatic rings. The lowest BCUT2D eigenvalue weighted by molar-refractivity contribution is -0.140. The van der Waals surface area contributed by atoms with E-state index in [1.54, 1.807) is 0 Å². The van der Waals surface area contributed by atoms with Gasteiger partial charge in [0.05, 0.1) is 17.1 Å². The maximum absolute atomic E-state index is 11.7. The number of nitrogens with one attached hydrogen (secondary N) is 1. The Kier molecular flexibility index (Phi) is 9.50. The minimum atomic E-state index is -0.185. The van der Waals surface area contributed by atoms with Gasteiger partial charge in [-0.1, -0.05) is 49.0 Å². The number of hydrogen-bond donors (Lipinski definition) is 1. The van der Waals surface area contributed by atoms with E-state index in [1.807, 2.05) is 30.3 Å². The molecular formula is C16H21NO3S2. The monoisotopic (exact) mass is 339 g/mol. The highest BCUT2D eigenvalue weighted by Gasteiger charge is 2.06. The molecule has 1 amide bonds. The Morgan fingerprint density at radius 3 is 2.59 bits per heavy atom. The molecule has 6 heteroatoms. The Morgan fingerprint density at radius 2 is 1.91 bits per heavy atom. The van der Waals surface area contributed by atoms with Crippen LogP contribution in [-0.2, 0) is 14.3 Å². The molecule has 0 spiro atoms. The van der Waals surface area contributed by atoms with E-state index in [2.05, 4.69) is 10.1 Å². The van der Waals surface area contributed by atoms with Crippen LogP contribution in [0.5, 0.6) is 0 Å². The van der Waals surface area contributed by atoms with Crippen LogP contribution in [0.4, 0.5) is 0 Å². The normalized spacial score (nSPS) is 10.0. The van der Waals surface area contributed by atoms with Crippen molar-refractivity contribution in [3.63, 3.8) is 0 Å². The molecule has 0 aromatic heterocycles. The first-order valence-electron chi connectivity index (χ1n) is 7.19. The summed E-state index contributed by atoms with van der Waals surface area (Å²) in [7, 11) is 1.39. The molecule has 0 aliphatic carbocycles. The predicted octanol–water partition coefficient (Wildman–Crippen LogP) is 2.94. The molecule has 0 aliphatic heterocycles. The number of hydrogen-bond acceptors (Lipinski definition) is 5. The van der Waals surface area contributed by atoms with Gasteiger partial charge in [-0.25, -0.2) is 0 Å². The Bertz CT molecular complexity index is 491. The summed E-state index contributed by atoms with van der Waals surface area (Å²) in [6.07, 6.45) is 2.97. The van der Waals surface area contributed by atoms with Gasteiger partial charge < -0.3 is 10.1 Å². The number of carbonyl (C=O) groups is 2. The number of rotatable bonds is 9. The molecular weight excluding hydrogens is 318 g/mol. The van der Waals surface area contributed by atoms with Gasteiger partial charge in [-0.05, 0) is 18.4 Å². The van der Waals surface area contributed by atoms with Crippen molar-refractivity contribution in [1.82, 2.24) is 5.32 Å². The zero-order valence-electron chi connectivity index (χ0n) is 12.7. The first-order valence-corrected chi connectivity index (χ1v) is 8.58. The minimum absolute atomic E-state index is 0.0174. The van der Waals surface area contributed by atoms with Crippen molar-refractivity contribution in [2.24, 2.45) is 0 Å². The number of esters is 1. The number of benzene rings is 1. The standard InChI is InChI=1S/C16H21NO3S2/c1-20-15(19)10-6-3-7-11-17-14(18)12-22-16(21)13-8-4-2-5-9-13/h2,4-5,8-9H,3,6-7,10-12H2,1H3,(H,17,18). The maximum Gasteiger partial charge on any atom is 0.305 e. The third-order valence-electron chi connectivity index (χ3n) is 2.95. The zero-order valence-corrected chi connectivity index (χ0v) is 14.3. The van der Waals surface area contributed by atoms with Crippen LogP contribution in [0.2, 0.25) is 0 Å². The third-order valence-corrected chi connectivity index (χ3v) is 4.45. The fraction of sp³-hybridized carbons (Fsp3) is 0.438. The highest BCUT2D eigenvalue weighted by atomic mass is 32.2. The van der Waals surface area contributed by atoms with Crippen molar-refractivity contribution in [1.29, 1.82) is 0 Å². The Balaban J connectivity index is 2.07. The first kappa shape index (κ1) is 18.6. The number of ether oxygens (including phenoxy) is 1. The van der Waals surface area contributed by atoms with Crippen LogP contribution in [-0.4, -0.2) is 35.5 Å². The summed E-state index contributed by atoms with van der Waals surface area (Å²) in [5, 5.41) is 2.86. The lowest BCUT2D eigenvalue weighted by atomic mass is 10.2.